The number of fused-ring (bicyclic) bond motifs is 1. The van der Waals surface area contributed by atoms with Crippen molar-refractivity contribution < 1.29 is 13.9 Å². The minimum atomic E-state index is -0.423. The molecule has 5 rings (SSSR count). The van der Waals surface area contributed by atoms with Crippen LogP contribution < -0.4 is 5.32 Å². The average Bonchev–Trinajstić information content (AvgIpc) is 3.11. The Hall–Kier alpha value is -2.12. The fourth-order valence-electron chi connectivity index (χ4n) is 4.85. The van der Waals surface area contributed by atoms with Crippen LogP contribution in [0.3, 0.4) is 0 Å². The van der Waals surface area contributed by atoms with Gasteiger partial charge in [0.25, 0.3) is 0 Å². The number of aryl methyl sites for hydroxylation is 1. The van der Waals surface area contributed by atoms with E-state index in [0.29, 0.717) is 13.2 Å². The van der Waals surface area contributed by atoms with Gasteiger partial charge in [0.15, 0.2) is 0 Å². The molecule has 2 aromatic rings. The summed E-state index contributed by atoms with van der Waals surface area (Å²) >= 11 is 0. The van der Waals surface area contributed by atoms with Crippen LogP contribution in [-0.2, 0) is 22.6 Å². The summed E-state index contributed by atoms with van der Waals surface area (Å²) in [6.07, 6.45) is 7.88. The van der Waals surface area contributed by atoms with Crippen LogP contribution in [0, 0.1) is 23.7 Å². The van der Waals surface area contributed by atoms with Crippen LogP contribution in [0.2, 0.25) is 0 Å². The van der Waals surface area contributed by atoms with Gasteiger partial charge < -0.3 is 19.0 Å². The molecule has 2 aliphatic heterocycles. The molecule has 0 unspecified atom stereocenters. The van der Waals surface area contributed by atoms with E-state index in [4.69, 9.17) is 9.15 Å². The van der Waals surface area contributed by atoms with Crippen molar-refractivity contribution in [1.29, 1.82) is 0 Å². The van der Waals surface area contributed by atoms with Gasteiger partial charge in [0.05, 0.1) is 31.4 Å². The van der Waals surface area contributed by atoms with Crippen molar-refractivity contribution in [1.82, 2.24) is 19.8 Å². The molecule has 0 aromatic carbocycles. The molecule has 0 bridgehead atoms. The van der Waals surface area contributed by atoms with Crippen LogP contribution in [0.25, 0.3) is 0 Å². The highest BCUT2D eigenvalue weighted by Crippen LogP contribution is 2.47. The van der Waals surface area contributed by atoms with Crippen LogP contribution in [0.1, 0.15) is 24.4 Å². The molecule has 7 heteroatoms. The highest BCUT2D eigenvalue weighted by molar-refractivity contribution is 5.84. The highest BCUT2D eigenvalue weighted by Gasteiger charge is 2.56. The van der Waals surface area contributed by atoms with Crippen LogP contribution in [0.4, 0.5) is 0 Å². The Morgan fingerprint density at radius 1 is 1.43 bits per heavy atom. The zero-order valence-corrected chi connectivity index (χ0v) is 16.4. The Bertz CT molecular complexity index is 842. The van der Waals surface area contributed by atoms with E-state index in [-0.39, 0.29) is 17.2 Å². The first-order valence-corrected chi connectivity index (χ1v) is 10.2. The number of nitrogens with one attached hydrogen (secondary N) is 1. The standard InChI is InChI=1S/C21H28N4O3/c1-16-22-6-7-25(16)13-20(4-5-20)12-23-19(26)21-14-24(9-17(21)11-27-15-21)10-18-3-2-8-28-18/h2-3,6-8,17H,4-5,9-15H2,1H3,(H,23,26)/t17-,21-/m1/s1. The number of carbonyl (C=O) groups is 1. The SMILES string of the molecule is Cc1nccn1CC1(CNC(=O)[C@]23COC[C@H]2CN(Cc2ccco2)C3)CC1. The molecule has 0 spiro atoms. The summed E-state index contributed by atoms with van der Waals surface area (Å²) in [4.78, 5) is 19.9. The highest BCUT2D eigenvalue weighted by atomic mass is 16.5. The maximum Gasteiger partial charge on any atom is 0.230 e. The number of hydrogen-bond donors (Lipinski definition) is 1. The van der Waals surface area contributed by atoms with E-state index in [1.165, 1.54) is 0 Å². The molecular formula is C21H28N4O3. The van der Waals surface area contributed by atoms with Gasteiger partial charge in [-0.25, -0.2) is 4.98 Å². The van der Waals surface area contributed by atoms with Gasteiger partial charge in [0.1, 0.15) is 11.6 Å². The molecule has 1 N–H and O–H groups in total. The molecule has 1 saturated carbocycles. The lowest BCUT2D eigenvalue weighted by atomic mass is 9.80. The average molecular weight is 384 g/mol. The number of likely N-dealkylation sites (tertiary alicyclic amines) is 1. The number of imidazole rings is 1. The summed E-state index contributed by atoms with van der Waals surface area (Å²) in [6, 6.07) is 3.90. The number of ether oxygens (including phenoxy) is 1. The Balaban J connectivity index is 1.22. The second-order valence-corrected chi connectivity index (χ2v) is 8.90. The number of nitrogens with zero attached hydrogens (tertiary/aromatic N) is 3. The molecule has 2 saturated heterocycles. The van der Waals surface area contributed by atoms with Crippen LogP contribution in [-0.4, -0.2) is 53.2 Å². The molecule has 150 valence electrons. The Kier molecular flexibility index (Phi) is 4.32. The third-order valence-corrected chi connectivity index (χ3v) is 6.87. The first-order chi connectivity index (χ1) is 13.6. The van der Waals surface area contributed by atoms with Crippen molar-refractivity contribution in [2.45, 2.75) is 32.9 Å². The van der Waals surface area contributed by atoms with Gasteiger partial charge in [-0.3, -0.25) is 9.69 Å². The van der Waals surface area contributed by atoms with Crippen molar-refractivity contribution in [3.05, 3.63) is 42.4 Å². The quantitative estimate of drug-likeness (QED) is 0.789. The maximum atomic E-state index is 13.3. The monoisotopic (exact) mass is 384 g/mol. The smallest absolute Gasteiger partial charge is 0.230 e. The Morgan fingerprint density at radius 3 is 3.04 bits per heavy atom. The van der Waals surface area contributed by atoms with Crippen molar-refractivity contribution in [3.8, 4) is 0 Å². The predicted molar refractivity (Wildman–Crippen MR) is 102 cm³/mol. The van der Waals surface area contributed by atoms with Crippen molar-refractivity contribution >= 4 is 5.91 Å². The molecule has 1 amide bonds. The Morgan fingerprint density at radius 2 is 2.32 bits per heavy atom. The van der Waals surface area contributed by atoms with E-state index in [1.807, 2.05) is 31.5 Å². The summed E-state index contributed by atoms with van der Waals surface area (Å²) in [6.45, 7) is 7.24. The third-order valence-electron chi connectivity index (χ3n) is 6.87. The number of amides is 1. The Labute approximate surface area is 165 Å². The van der Waals surface area contributed by atoms with Crippen molar-refractivity contribution in [3.63, 3.8) is 0 Å². The van der Waals surface area contributed by atoms with Gasteiger partial charge in [-0.1, -0.05) is 0 Å². The molecule has 1 aliphatic carbocycles. The van der Waals surface area contributed by atoms with Gasteiger partial charge in [0, 0.05) is 49.9 Å². The molecular weight excluding hydrogens is 356 g/mol. The number of rotatable bonds is 7. The molecule has 2 aromatic heterocycles. The second-order valence-electron chi connectivity index (χ2n) is 8.90. The summed E-state index contributed by atoms with van der Waals surface area (Å²) in [5.41, 5.74) is -0.243. The van der Waals surface area contributed by atoms with E-state index >= 15 is 0 Å². The topological polar surface area (TPSA) is 72.5 Å². The fraction of sp³-hybridized carbons (Fsp3) is 0.619. The summed E-state index contributed by atoms with van der Waals surface area (Å²) < 4.78 is 13.4. The second kappa shape index (κ2) is 6.74. The zero-order valence-electron chi connectivity index (χ0n) is 16.4. The fourth-order valence-corrected chi connectivity index (χ4v) is 4.85. The molecule has 0 radical (unpaired) electrons. The first-order valence-electron chi connectivity index (χ1n) is 10.2. The van der Waals surface area contributed by atoms with Crippen molar-refractivity contribution in [2.24, 2.45) is 16.7 Å². The number of aromatic nitrogens is 2. The molecule has 4 heterocycles. The largest absolute Gasteiger partial charge is 0.468 e. The molecule has 3 fully saturated rings. The summed E-state index contributed by atoms with van der Waals surface area (Å²) in [5.74, 6) is 2.40. The van der Waals surface area contributed by atoms with Gasteiger partial charge in [0.2, 0.25) is 5.91 Å². The van der Waals surface area contributed by atoms with Crippen molar-refractivity contribution in [2.75, 3.05) is 32.8 Å². The van der Waals surface area contributed by atoms with E-state index in [1.54, 1.807) is 6.26 Å². The van der Waals surface area contributed by atoms with Gasteiger partial charge in [-0.05, 0) is 31.9 Å². The summed E-state index contributed by atoms with van der Waals surface area (Å²) in [5, 5.41) is 3.30. The molecule has 7 nitrogen and oxygen atoms in total. The van der Waals surface area contributed by atoms with E-state index in [2.05, 4.69) is 19.8 Å². The van der Waals surface area contributed by atoms with Crippen LogP contribution in [0.15, 0.2) is 35.2 Å². The molecule has 2 atom stereocenters. The third kappa shape index (κ3) is 3.16. The number of carbonyl (C=O) groups excluding carboxylic acids is 1. The van der Waals surface area contributed by atoms with E-state index in [9.17, 15) is 4.79 Å². The lowest BCUT2D eigenvalue weighted by Gasteiger charge is -2.27. The number of furan rings is 1. The predicted octanol–water partition coefficient (Wildman–Crippen LogP) is 1.83. The minimum Gasteiger partial charge on any atom is -0.468 e. The maximum absolute atomic E-state index is 13.3. The van der Waals surface area contributed by atoms with E-state index in [0.717, 1.165) is 57.2 Å². The first kappa shape index (κ1) is 17.9. The van der Waals surface area contributed by atoms with Crippen LogP contribution in [0.5, 0.6) is 0 Å². The lowest BCUT2D eigenvalue weighted by molar-refractivity contribution is -0.132. The van der Waals surface area contributed by atoms with Gasteiger partial charge >= 0.3 is 0 Å². The lowest BCUT2D eigenvalue weighted by Crippen LogP contribution is -2.48. The minimum absolute atomic E-state index is 0.158. The van der Waals surface area contributed by atoms with Gasteiger partial charge in [-0.15, -0.1) is 0 Å². The zero-order chi connectivity index (χ0) is 19.2. The summed E-state index contributed by atoms with van der Waals surface area (Å²) in [7, 11) is 0. The van der Waals surface area contributed by atoms with Gasteiger partial charge in [-0.2, -0.15) is 0 Å². The van der Waals surface area contributed by atoms with E-state index < -0.39 is 5.41 Å². The molecule has 28 heavy (non-hydrogen) atoms. The number of hydrogen-bond acceptors (Lipinski definition) is 5. The normalized spacial score (nSPS) is 28.4. The van der Waals surface area contributed by atoms with Crippen LogP contribution >= 0.6 is 0 Å². The molecule has 3 aliphatic rings.